The van der Waals surface area contributed by atoms with Gasteiger partial charge in [0.1, 0.15) is 42.0 Å². The summed E-state index contributed by atoms with van der Waals surface area (Å²) in [6.45, 7) is 7.61. The fraction of sp³-hybridized carbons (Fsp3) is 0.421. The third-order valence-corrected chi connectivity index (χ3v) is 12.2. The standard InChI is InChI=1S/C57H72N2O6/c1-2-3-4-5-6-12-15-18-21-27-47(29-24-30-48-34-35-50-41-58(45-64-54(50)40-48)43-52-32-25-38-62-52)28-22-19-16-13-10-8-7-9-11-14-17-20-23-31-49-36-37-51-42-59(44-53-33-26-39-63-53)46-65-56(51)55(49)57(60)61/h2,4-5,7-8,12-13,15-16,22,25-26,28,32-40,47H,1,3,6,9-11,14,17-21,23-24,27,29-31,41-46H2,(H,60,61)/b5-4-,8-7-,15-12-,16-13-,28-22?. The van der Waals surface area contributed by atoms with Crippen LogP contribution in [-0.2, 0) is 39.0 Å². The van der Waals surface area contributed by atoms with E-state index in [2.05, 4.69) is 95.3 Å². The molecule has 0 saturated carbocycles. The van der Waals surface area contributed by atoms with Crippen LogP contribution in [0.5, 0.6) is 11.5 Å². The lowest BCUT2D eigenvalue weighted by Gasteiger charge is -2.29. The van der Waals surface area contributed by atoms with Crippen LogP contribution in [0.4, 0.5) is 0 Å². The number of hydrogen-bond donors (Lipinski definition) is 1. The second-order valence-corrected chi connectivity index (χ2v) is 17.4. The summed E-state index contributed by atoms with van der Waals surface area (Å²) in [5.41, 5.74) is 4.72. The van der Waals surface area contributed by atoms with Crippen molar-refractivity contribution in [1.82, 2.24) is 9.80 Å². The molecule has 2 aromatic heterocycles. The van der Waals surface area contributed by atoms with Gasteiger partial charge in [0.2, 0.25) is 0 Å². The number of benzene rings is 2. The predicted molar refractivity (Wildman–Crippen MR) is 263 cm³/mol. The highest BCUT2D eigenvalue weighted by Gasteiger charge is 2.26. The quantitative estimate of drug-likeness (QED) is 0.0409. The van der Waals surface area contributed by atoms with Crippen molar-refractivity contribution >= 4 is 5.97 Å². The molecular formula is C57H72N2O6. The fourth-order valence-corrected chi connectivity index (χ4v) is 8.68. The van der Waals surface area contributed by atoms with E-state index < -0.39 is 5.97 Å². The first-order chi connectivity index (χ1) is 32.1. The van der Waals surface area contributed by atoms with E-state index in [1.165, 1.54) is 43.2 Å². The van der Waals surface area contributed by atoms with Crippen molar-refractivity contribution in [3.05, 3.63) is 180 Å². The number of allylic oxidation sites excluding steroid dienone is 11. The zero-order valence-corrected chi connectivity index (χ0v) is 38.6. The molecule has 346 valence electrons. The Morgan fingerprint density at radius 1 is 0.646 bits per heavy atom. The maximum atomic E-state index is 12.3. The van der Waals surface area contributed by atoms with Gasteiger partial charge in [-0.15, -0.1) is 6.58 Å². The SMILES string of the molecule is C=CC/C=C\C/C=C\CCCC(C=CC/C=C\C/C=C\CCCCCCCc1ccc2c(c1C(=O)O)OCN(Cc1ccco1)C2)CCCc1ccc2c(c1)OCN(Cc1ccco1)C2. The Morgan fingerprint density at radius 3 is 1.97 bits per heavy atom. The zero-order valence-electron chi connectivity index (χ0n) is 38.6. The fourth-order valence-electron chi connectivity index (χ4n) is 8.68. The number of aromatic carboxylic acids is 1. The van der Waals surface area contributed by atoms with E-state index in [1.54, 1.807) is 12.5 Å². The van der Waals surface area contributed by atoms with E-state index in [-0.39, 0.29) is 0 Å². The summed E-state index contributed by atoms with van der Waals surface area (Å²) in [6.07, 6.45) is 46.6. The van der Waals surface area contributed by atoms with Gasteiger partial charge in [0, 0.05) is 24.2 Å². The van der Waals surface area contributed by atoms with Crippen LogP contribution in [0, 0.1) is 5.92 Å². The van der Waals surface area contributed by atoms with Gasteiger partial charge in [-0.25, -0.2) is 4.79 Å². The second-order valence-electron chi connectivity index (χ2n) is 17.4. The van der Waals surface area contributed by atoms with E-state index in [9.17, 15) is 9.90 Å². The summed E-state index contributed by atoms with van der Waals surface area (Å²) in [7, 11) is 0. The number of carboxylic acids is 1. The number of ether oxygens (including phenoxy) is 2. The average molecular weight is 881 g/mol. The summed E-state index contributed by atoms with van der Waals surface area (Å²) in [5.74, 6) is 3.06. The number of carbonyl (C=O) groups is 1. The normalized spacial score (nSPS) is 15.0. The number of aryl methyl sites for hydroxylation is 2. The topological polar surface area (TPSA) is 88.5 Å². The lowest BCUT2D eigenvalue weighted by molar-refractivity contribution is 0.0646. The summed E-state index contributed by atoms with van der Waals surface area (Å²) < 4.78 is 23.2. The number of fused-ring (bicyclic) bond motifs is 2. The van der Waals surface area contributed by atoms with Gasteiger partial charge >= 0.3 is 5.97 Å². The van der Waals surface area contributed by atoms with E-state index in [0.717, 1.165) is 119 Å². The van der Waals surface area contributed by atoms with Crippen LogP contribution in [0.15, 0.2) is 149 Å². The third kappa shape index (κ3) is 17.4. The summed E-state index contributed by atoms with van der Waals surface area (Å²) in [4.78, 5) is 16.7. The van der Waals surface area contributed by atoms with E-state index in [4.69, 9.17) is 18.3 Å². The van der Waals surface area contributed by atoms with Gasteiger partial charge in [-0.2, -0.15) is 0 Å². The van der Waals surface area contributed by atoms with Crippen LogP contribution in [0.3, 0.4) is 0 Å². The summed E-state index contributed by atoms with van der Waals surface area (Å²) in [5, 5.41) is 10.1. The first-order valence-corrected chi connectivity index (χ1v) is 24.2. The molecule has 2 aromatic carbocycles. The molecule has 4 heterocycles. The minimum Gasteiger partial charge on any atom is -0.478 e. The van der Waals surface area contributed by atoms with Crippen LogP contribution >= 0.6 is 0 Å². The minimum atomic E-state index is -0.909. The molecule has 1 atom stereocenters. The van der Waals surface area contributed by atoms with Gasteiger partial charge in [0.25, 0.3) is 0 Å². The molecule has 1 N–H and O–H groups in total. The first-order valence-electron chi connectivity index (χ1n) is 24.2. The predicted octanol–water partition coefficient (Wildman–Crippen LogP) is 14.5. The Morgan fingerprint density at radius 2 is 1.26 bits per heavy atom. The Labute approximate surface area is 388 Å². The maximum absolute atomic E-state index is 12.3. The second kappa shape index (κ2) is 28.4. The molecule has 4 aromatic rings. The molecule has 65 heavy (non-hydrogen) atoms. The molecule has 0 radical (unpaired) electrons. The molecule has 6 rings (SSSR count). The molecule has 2 aliphatic heterocycles. The molecule has 0 aliphatic carbocycles. The molecule has 0 amide bonds. The average Bonchev–Trinajstić information content (AvgIpc) is 4.04. The van der Waals surface area contributed by atoms with E-state index in [0.29, 0.717) is 43.8 Å². The van der Waals surface area contributed by atoms with Crippen LogP contribution in [0.1, 0.15) is 140 Å². The van der Waals surface area contributed by atoms with Crippen LogP contribution in [0.25, 0.3) is 0 Å². The van der Waals surface area contributed by atoms with Gasteiger partial charge in [-0.1, -0.05) is 110 Å². The van der Waals surface area contributed by atoms with Crippen molar-refractivity contribution in [2.75, 3.05) is 13.5 Å². The van der Waals surface area contributed by atoms with Gasteiger partial charge in [-0.05, 0) is 137 Å². The number of unbranched alkanes of at least 4 members (excludes halogenated alkanes) is 6. The Hall–Kier alpha value is -5.57. The molecule has 0 spiro atoms. The Kier molecular flexibility index (Phi) is 21.3. The summed E-state index contributed by atoms with van der Waals surface area (Å²) >= 11 is 0. The Balaban J connectivity index is 0.844. The van der Waals surface area contributed by atoms with E-state index in [1.807, 2.05) is 42.5 Å². The van der Waals surface area contributed by atoms with Crippen molar-refractivity contribution in [2.45, 2.75) is 135 Å². The van der Waals surface area contributed by atoms with Crippen molar-refractivity contribution in [2.24, 2.45) is 5.92 Å². The van der Waals surface area contributed by atoms with Crippen LogP contribution in [-0.4, -0.2) is 34.3 Å². The number of furan rings is 2. The van der Waals surface area contributed by atoms with Crippen LogP contribution < -0.4 is 9.47 Å². The lowest BCUT2D eigenvalue weighted by atomic mass is 9.93. The van der Waals surface area contributed by atoms with Gasteiger partial charge in [0.15, 0.2) is 0 Å². The number of nitrogens with zero attached hydrogens (tertiary/aromatic N) is 2. The van der Waals surface area contributed by atoms with Crippen molar-refractivity contribution in [3.63, 3.8) is 0 Å². The van der Waals surface area contributed by atoms with Gasteiger partial charge in [-0.3, -0.25) is 9.80 Å². The molecule has 0 bridgehead atoms. The smallest absolute Gasteiger partial charge is 0.339 e. The molecule has 8 heteroatoms. The molecule has 2 aliphatic rings. The molecule has 8 nitrogen and oxygen atoms in total. The van der Waals surface area contributed by atoms with Gasteiger partial charge in [0.05, 0.1) is 25.6 Å². The highest BCUT2D eigenvalue weighted by Crippen LogP contribution is 2.34. The van der Waals surface area contributed by atoms with Crippen molar-refractivity contribution in [1.29, 1.82) is 0 Å². The molecule has 1 unspecified atom stereocenters. The number of carboxylic acid groups (broad SMARTS) is 1. The van der Waals surface area contributed by atoms with E-state index >= 15 is 0 Å². The lowest BCUT2D eigenvalue weighted by Crippen LogP contribution is -2.32. The Bertz CT molecular complexity index is 2140. The van der Waals surface area contributed by atoms with Gasteiger partial charge < -0.3 is 23.4 Å². The number of rotatable bonds is 30. The minimum absolute atomic E-state index is 0.331. The molecule has 0 saturated heterocycles. The maximum Gasteiger partial charge on any atom is 0.339 e. The zero-order chi connectivity index (χ0) is 45.2. The van der Waals surface area contributed by atoms with Crippen molar-refractivity contribution < 1.29 is 28.2 Å². The van der Waals surface area contributed by atoms with Crippen molar-refractivity contribution in [3.8, 4) is 11.5 Å². The highest BCUT2D eigenvalue weighted by molar-refractivity contribution is 5.93. The monoisotopic (exact) mass is 881 g/mol. The number of hydrogen-bond acceptors (Lipinski definition) is 7. The highest BCUT2D eigenvalue weighted by atomic mass is 16.5. The largest absolute Gasteiger partial charge is 0.478 e. The first kappa shape index (κ1) is 48.9. The van der Waals surface area contributed by atoms with Crippen LogP contribution in [0.2, 0.25) is 0 Å². The molecule has 0 fully saturated rings. The third-order valence-electron chi connectivity index (χ3n) is 12.2. The summed E-state index contributed by atoms with van der Waals surface area (Å²) in [6, 6.07) is 18.6. The molecular weight excluding hydrogens is 809 g/mol.